The molecule has 1 aliphatic rings. The SMILES string of the molecule is COCC[C@]1(C(=O)O)CCCC[C@@H]1Nc1nc(-c2c[nH]c3ncc(Cl)cc23)ncc1F. The highest BCUT2D eigenvalue weighted by molar-refractivity contribution is 6.31. The van der Waals surface area contributed by atoms with Crippen molar-refractivity contribution in [3.63, 3.8) is 0 Å². The second kappa shape index (κ2) is 8.76. The average molecular weight is 448 g/mol. The maximum absolute atomic E-state index is 14.6. The number of ether oxygens (including phenoxy) is 1. The van der Waals surface area contributed by atoms with Gasteiger partial charge in [-0.05, 0) is 25.3 Å². The van der Waals surface area contributed by atoms with Crippen LogP contribution in [0.3, 0.4) is 0 Å². The van der Waals surface area contributed by atoms with Crippen LogP contribution >= 0.6 is 11.6 Å². The minimum atomic E-state index is -1.05. The molecule has 0 aliphatic heterocycles. The van der Waals surface area contributed by atoms with Gasteiger partial charge in [0.15, 0.2) is 17.5 Å². The minimum absolute atomic E-state index is 0.0238. The van der Waals surface area contributed by atoms with Crippen LogP contribution in [0.2, 0.25) is 5.02 Å². The number of hydrogen-bond donors (Lipinski definition) is 3. The van der Waals surface area contributed by atoms with Crippen molar-refractivity contribution in [3.05, 3.63) is 35.5 Å². The van der Waals surface area contributed by atoms with E-state index in [1.54, 1.807) is 19.4 Å². The Morgan fingerprint density at radius 3 is 3.03 bits per heavy atom. The highest BCUT2D eigenvalue weighted by Gasteiger charge is 2.47. The van der Waals surface area contributed by atoms with Gasteiger partial charge in [-0.15, -0.1) is 0 Å². The molecule has 8 nitrogen and oxygen atoms in total. The number of pyridine rings is 1. The van der Waals surface area contributed by atoms with Crippen LogP contribution in [0.5, 0.6) is 0 Å². The number of nitrogens with one attached hydrogen (secondary N) is 2. The van der Waals surface area contributed by atoms with Gasteiger partial charge in [-0.1, -0.05) is 24.4 Å². The van der Waals surface area contributed by atoms with Crippen molar-refractivity contribution in [2.24, 2.45) is 5.41 Å². The van der Waals surface area contributed by atoms with E-state index in [2.05, 4.69) is 25.3 Å². The second-order valence-corrected chi connectivity index (χ2v) is 8.23. The van der Waals surface area contributed by atoms with Crippen LogP contribution in [0.15, 0.2) is 24.7 Å². The van der Waals surface area contributed by atoms with Gasteiger partial charge in [0.1, 0.15) is 5.65 Å². The number of H-pyrrole nitrogens is 1. The van der Waals surface area contributed by atoms with E-state index in [1.165, 1.54) is 6.20 Å². The van der Waals surface area contributed by atoms with E-state index in [0.29, 0.717) is 47.5 Å². The Labute approximate surface area is 183 Å². The molecule has 0 aromatic carbocycles. The third kappa shape index (κ3) is 4.07. The van der Waals surface area contributed by atoms with Gasteiger partial charge in [0, 0.05) is 43.1 Å². The monoisotopic (exact) mass is 447 g/mol. The summed E-state index contributed by atoms with van der Waals surface area (Å²) in [4.78, 5) is 28.0. The lowest BCUT2D eigenvalue weighted by atomic mass is 9.68. The fourth-order valence-corrected chi connectivity index (χ4v) is 4.48. The number of anilines is 1. The highest BCUT2D eigenvalue weighted by Crippen LogP contribution is 2.41. The number of nitrogens with zero attached hydrogens (tertiary/aromatic N) is 3. The molecular weight excluding hydrogens is 425 g/mol. The minimum Gasteiger partial charge on any atom is -0.481 e. The molecule has 0 amide bonds. The summed E-state index contributed by atoms with van der Waals surface area (Å²) in [6.07, 6.45) is 7.38. The average Bonchev–Trinajstić information content (AvgIpc) is 3.17. The smallest absolute Gasteiger partial charge is 0.311 e. The Morgan fingerprint density at radius 1 is 1.42 bits per heavy atom. The predicted octanol–water partition coefficient (Wildman–Crippen LogP) is 4.27. The molecule has 3 N–H and O–H groups in total. The number of methoxy groups -OCH3 is 1. The van der Waals surface area contributed by atoms with Crippen molar-refractivity contribution in [2.75, 3.05) is 19.0 Å². The number of rotatable bonds is 7. The van der Waals surface area contributed by atoms with E-state index in [4.69, 9.17) is 16.3 Å². The Bertz CT molecular complexity index is 1110. The number of carboxylic acid groups (broad SMARTS) is 1. The number of halogens is 2. The molecule has 164 valence electrons. The summed E-state index contributed by atoms with van der Waals surface area (Å²) >= 11 is 6.07. The van der Waals surface area contributed by atoms with Crippen molar-refractivity contribution < 1.29 is 19.0 Å². The zero-order valence-electron chi connectivity index (χ0n) is 17.0. The standard InChI is InChI=1S/C21H23ClFN5O3/c1-31-7-6-21(20(29)30)5-3-2-4-16(21)27-19-15(23)11-26-18(28-19)14-10-25-17-13(14)8-12(22)9-24-17/h8-11,16H,2-7H2,1H3,(H,24,25)(H,29,30)(H,26,27,28)/t16-,21+/m0/s1. The molecule has 2 atom stereocenters. The molecule has 1 saturated carbocycles. The van der Waals surface area contributed by atoms with Crippen molar-refractivity contribution in [3.8, 4) is 11.4 Å². The molecule has 31 heavy (non-hydrogen) atoms. The van der Waals surface area contributed by atoms with Gasteiger partial charge in [-0.2, -0.15) is 0 Å². The fraction of sp³-hybridized carbons (Fsp3) is 0.429. The topological polar surface area (TPSA) is 113 Å². The summed E-state index contributed by atoms with van der Waals surface area (Å²) in [5.74, 6) is -1.29. The fourth-order valence-electron chi connectivity index (χ4n) is 4.32. The van der Waals surface area contributed by atoms with Gasteiger partial charge in [-0.25, -0.2) is 19.3 Å². The summed E-state index contributed by atoms with van der Waals surface area (Å²) < 4.78 is 19.8. The van der Waals surface area contributed by atoms with Crippen LogP contribution < -0.4 is 5.32 Å². The molecule has 0 radical (unpaired) electrons. The number of aromatic nitrogens is 4. The summed E-state index contributed by atoms with van der Waals surface area (Å²) in [6, 6.07) is 1.25. The normalized spacial score (nSPS) is 21.3. The van der Waals surface area contributed by atoms with E-state index in [0.717, 1.165) is 19.0 Å². The van der Waals surface area contributed by atoms with Crippen LogP contribution in [-0.2, 0) is 9.53 Å². The number of aromatic amines is 1. The quantitative estimate of drug-likeness (QED) is 0.495. The first kappa shape index (κ1) is 21.5. The van der Waals surface area contributed by atoms with E-state index >= 15 is 0 Å². The molecule has 3 aromatic rings. The second-order valence-electron chi connectivity index (χ2n) is 7.79. The molecule has 10 heteroatoms. The van der Waals surface area contributed by atoms with Gasteiger partial charge >= 0.3 is 5.97 Å². The van der Waals surface area contributed by atoms with Crippen molar-refractivity contribution in [1.82, 2.24) is 19.9 Å². The lowest BCUT2D eigenvalue weighted by Gasteiger charge is -2.41. The Kier molecular flexibility index (Phi) is 6.06. The molecule has 1 aliphatic carbocycles. The maximum atomic E-state index is 14.6. The zero-order chi connectivity index (χ0) is 22.0. The lowest BCUT2D eigenvalue weighted by Crippen LogP contribution is -2.49. The van der Waals surface area contributed by atoms with Crippen molar-refractivity contribution >= 4 is 34.4 Å². The summed E-state index contributed by atoms with van der Waals surface area (Å²) in [5, 5.41) is 14.3. The largest absolute Gasteiger partial charge is 0.481 e. The van der Waals surface area contributed by atoms with Crippen LogP contribution in [0.25, 0.3) is 22.4 Å². The van der Waals surface area contributed by atoms with E-state index in [9.17, 15) is 14.3 Å². The van der Waals surface area contributed by atoms with E-state index in [1.807, 2.05) is 0 Å². The number of hydrogen-bond acceptors (Lipinski definition) is 6. The lowest BCUT2D eigenvalue weighted by molar-refractivity contribution is -0.153. The number of fused-ring (bicyclic) bond motifs is 1. The van der Waals surface area contributed by atoms with Crippen LogP contribution in [0.4, 0.5) is 10.2 Å². The van der Waals surface area contributed by atoms with E-state index < -0.39 is 23.2 Å². The molecule has 0 bridgehead atoms. The Hall–Kier alpha value is -2.78. The maximum Gasteiger partial charge on any atom is 0.311 e. The number of aliphatic carboxylic acids is 1. The highest BCUT2D eigenvalue weighted by atomic mass is 35.5. The number of carbonyl (C=O) groups is 1. The first-order valence-electron chi connectivity index (χ1n) is 10.1. The molecule has 1 fully saturated rings. The molecule has 0 spiro atoms. The van der Waals surface area contributed by atoms with Gasteiger partial charge in [0.05, 0.1) is 16.6 Å². The molecule has 3 heterocycles. The Morgan fingerprint density at radius 2 is 2.26 bits per heavy atom. The van der Waals surface area contributed by atoms with Crippen LogP contribution in [-0.4, -0.2) is 50.8 Å². The van der Waals surface area contributed by atoms with Crippen molar-refractivity contribution in [2.45, 2.75) is 38.1 Å². The predicted molar refractivity (Wildman–Crippen MR) is 115 cm³/mol. The molecule has 4 rings (SSSR count). The first-order valence-corrected chi connectivity index (χ1v) is 10.5. The third-order valence-electron chi connectivity index (χ3n) is 6.00. The number of carboxylic acids is 1. The molecule has 0 saturated heterocycles. The van der Waals surface area contributed by atoms with Gasteiger partial charge < -0.3 is 20.1 Å². The third-order valence-corrected chi connectivity index (χ3v) is 6.21. The van der Waals surface area contributed by atoms with Crippen LogP contribution in [0.1, 0.15) is 32.1 Å². The zero-order valence-corrected chi connectivity index (χ0v) is 17.7. The Balaban J connectivity index is 1.69. The molecular formula is C21H23ClFN5O3. The van der Waals surface area contributed by atoms with Gasteiger partial charge in [0.25, 0.3) is 0 Å². The van der Waals surface area contributed by atoms with Crippen molar-refractivity contribution in [1.29, 1.82) is 0 Å². The first-order chi connectivity index (χ1) is 14.9. The van der Waals surface area contributed by atoms with E-state index in [-0.39, 0.29) is 11.6 Å². The summed E-state index contributed by atoms with van der Waals surface area (Å²) in [5.41, 5.74) is 0.184. The summed E-state index contributed by atoms with van der Waals surface area (Å²) in [7, 11) is 1.54. The molecule has 3 aromatic heterocycles. The molecule has 0 unspecified atom stereocenters. The van der Waals surface area contributed by atoms with Crippen LogP contribution in [0, 0.1) is 11.2 Å². The summed E-state index contributed by atoms with van der Waals surface area (Å²) in [6.45, 7) is 0.311. The van der Waals surface area contributed by atoms with Gasteiger partial charge in [0.2, 0.25) is 0 Å². The van der Waals surface area contributed by atoms with Gasteiger partial charge in [-0.3, -0.25) is 4.79 Å².